The maximum atomic E-state index is 4.94. The molecule has 0 saturated heterocycles. The lowest BCUT2D eigenvalue weighted by atomic mass is 9.99. The summed E-state index contributed by atoms with van der Waals surface area (Å²) in [6.07, 6.45) is 0. The molecule has 0 fully saturated rings. The van der Waals surface area contributed by atoms with E-state index in [0.29, 0.717) is 34.9 Å². The highest BCUT2D eigenvalue weighted by atomic mass is 15.0. The van der Waals surface area contributed by atoms with Gasteiger partial charge in [0.25, 0.3) is 0 Å². The minimum absolute atomic E-state index is 0.629. The molecule has 0 unspecified atom stereocenters. The summed E-state index contributed by atoms with van der Waals surface area (Å²) in [4.78, 5) is 29.3. The SMILES string of the molecule is c1ccc(-c2nc(-c3ccccc3)nc(-c3ccc(-c4ccc5ccc(-c6nc(-c7ccccc7)nc(-c7ccccc7)n6)cc5c4)cc3)n2)cc1. The largest absolute Gasteiger partial charge is 0.208 e. The molecule has 0 aliphatic carbocycles. The van der Waals surface area contributed by atoms with Gasteiger partial charge < -0.3 is 0 Å². The van der Waals surface area contributed by atoms with Crippen LogP contribution in [0.15, 0.2) is 182 Å². The quantitative estimate of drug-likeness (QED) is 0.168. The molecule has 7 aromatic carbocycles. The molecule has 0 aliphatic heterocycles. The molecule has 0 aliphatic rings. The number of fused-ring (bicyclic) bond motifs is 1. The van der Waals surface area contributed by atoms with Crippen LogP contribution in [0.4, 0.5) is 0 Å². The van der Waals surface area contributed by atoms with E-state index >= 15 is 0 Å². The summed E-state index contributed by atoms with van der Waals surface area (Å²) in [7, 11) is 0. The predicted molar refractivity (Wildman–Crippen MR) is 209 cm³/mol. The Morgan fingerprint density at radius 2 is 0.462 bits per heavy atom. The molecule has 6 heteroatoms. The Hall–Kier alpha value is -7.18. The van der Waals surface area contributed by atoms with Crippen molar-refractivity contribution in [3.63, 3.8) is 0 Å². The molecule has 9 rings (SSSR count). The van der Waals surface area contributed by atoms with E-state index < -0.39 is 0 Å². The smallest absolute Gasteiger partial charge is 0.164 e. The summed E-state index contributed by atoms with van der Waals surface area (Å²) >= 11 is 0. The first-order valence-electron chi connectivity index (χ1n) is 17.1. The summed E-state index contributed by atoms with van der Waals surface area (Å²) in [5, 5.41) is 2.23. The molecule has 0 saturated carbocycles. The van der Waals surface area contributed by atoms with Gasteiger partial charge >= 0.3 is 0 Å². The van der Waals surface area contributed by atoms with Gasteiger partial charge in [0.1, 0.15) is 0 Å². The average molecular weight is 667 g/mol. The first-order valence-corrected chi connectivity index (χ1v) is 17.1. The fourth-order valence-corrected chi connectivity index (χ4v) is 6.25. The topological polar surface area (TPSA) is 77.3 Å². The van der Waals surface area contributed by atoms with Crippen molar-refractivity contribution in [1.29, 1.82) is 0 Å². The van der Waals surface area contributed by atoms with E-state index in [1.165, 1.54) is 0 Å². The molecule has 0 spiro atoms. The van der Waals surface area contributed by atoms with Crippen LogP contribution in [0, 0.1) is 0 Å². The van der Waals surface area contributed by atoms with Gasteiger partial charge in [0.05, 0.1) is 0 Å². The third-order valence-electron chi connectivity index (χ3n) is 8.97. The van der Waals surface area contributed by atoms with Crippen LogP contribution >= 0.6 is 0 Å². The maximum absolute atomic E-state index is 4.94. The Labute approximate surface area is 301 Å². The van der Waals surface area contributed by atoms with E-state index in [0.717, 1.165) is 55.3 Å². The van der Waals surface area contributed by atoms with Crippen LogP contribution in [0.5, 0.6) is 0 Å². The molecule has 0 atom stereocenters. The minimum Gasteiger partial charge on any atom is -0.208 e. The van der Waals surface area contributed by atoms with E-state index in [1.54, 1.807) is 0 Å². The lowest BCUT2D eigenvalue weighted by Gasteiger charge is -2.10. The molecule has 2 aromatic heterocycles. The number of aromatic nitrogens is 6. The number of rotatable bonds is 7. The van der Waals surface area contributed by atoms with Crippen molar-refractivity contribution in [1.82, 2.24) is 29.9 Å². The Morgan fingerprint density at radius 1 is 0.192 bits per heavy atom. The Kier molecular flexibility index (Phi) is 8.08. The van der Waals surface area contributed by atoms with Gasteiger partial charge in [-0.25, -0.2) is 29.9 Å². The van der Waals surface area contributed by atoms with E-state index in [-0.39, 0.29) is 0 Å². The second-order valence-electron chi connectivity index (χ2n) is 12.4. The highest BCUT2D eigenvalue weighted by Gasteiger charge is 2.14. The number of hydrogen-bond donors (Lipinski definition) is 0. The van der Waals surface area contributed by atoms with Crippen molar-refractivity contribution >= 4 is 10.8 Å². The van der Waals surface area contributed by atoms with Crippen molar-refractivity contribution in [3.8, 4) is 79.5 Å². The summed E-state index contributed by atoms with van der Waals surface area (Å²) in [6.45, 7) is 0. The van der Waals surface area contributed by atoms with Crippen LogP contribution in [0.1, 0.15) is 0 Å². The van der Waals surface area contributed by atoms with E-state index in [4.69, 9.17) is 29.9 Å². The molecule has 244 valence electrons. The second kappa shape index (κ2) is 13.6. The summed E-state index contributed by atoms with van der Waals surface area (Å²) in [5.74, 6) is 3.83. The van der Waals surface area contributed by atoms with Crippen molar-refractivity contribution in [2.45, 2.75) is 0 Å². The van der Waals surface area contributed by atoms with Crippen LogP contribution in [0.2, 0.25) is 0 Å². The second-order valence-corrected chi connectivity index (χ2v) is 12.4. The van der Waals surface area contributed by atoms with E-state index in [9.17, 15) is 0 Å². The van der Waals surface area contributed by atoms with Crippen LogP contribution < -0.4 is 0 Å². The van der Waals surface area contributed by atoms with Gasteiger partial charge in [-0.3, -0.25) is 0 Å². The molecule has 0 N–H and O–H groups in total. The van der Waals surface area contributed by atoms with Crippen molar-refractivity contribution < 1.29 is 0 Å². The summed E-state index contributed by atoms with van der Waals surface area (Å²) in [6, 6.07) is 61.4. The highest BCUT2D eigenvalue weighted by Crippen LogP contribution is 2.31. The third-order valence-corrected chi connectivity index (χ3v) is 8.97. The molecule has 0 radical (unpaired) electrons. The number of hydrogen-bond acceptors (Lipinski definition) is 6. The third kappa shape index (κ3) is 6.32. The van der Waals surface area contributed by atoms with Gasteiger partial charge in [0.15, 0.2) is 34.9 Å². The fraction of sp³-hybridized carbons (Fsp3) is 0. The molecule has 9 aromatic rings. The summed E-state index contributed by atoms with van der Waals surface area (Å²) in [5.41, 5.74) is 7.82. The normalized spacial score (nSPS) is 11.1. The first-order chi connectivity index (χ1) is 25.7. The molecular formula is C46H30N6. The lowest BCUT2D eigenvalue weighted by Crippen LogP contribution is -2.00. The Morgan fingerprint density at radius 3 is 0.846 bits per heavy atom. The Balaban J connectivity index is 1.07. The highest BCUT2D eigenvalue weighted by molar-refractivity contribution is 5.90. The zero-order chi connectivity index (χ0) is 34.7. The minimum atomic E-state index is 0.629. The van der Waals surface area contributed by atoms with E-state index in [1.807, 2.05) is 121 Å². The predicted octanol–water partition coefficient (Wildman–Crippen LogP) is 10.9. The van der Waals surface area contributed by atoms with Gasteiger partial charge in [-0.15, -0.1) is 0 Å². The van der Waals surface area contributed by atoms with Crippen LogP contribution in [0.3, 0.4) is 0 Å². The molecule has 2 heterocycles. The molecule has 6 nitrogen and oxygen atoms in total. The average Bonchev–Trinajstić information content (AvgIpc) is 3.24. The number of benzene rings is 7. The molecule has 52 heavy (non-hydrogen) atoms. The zero-order valence-corrected chi connectivity index (χ0v) is 28.0. The first kappa shape index (κ1) is 30.8. The molecular weight excluding hydrogens is 637 g/mol. The van der Waals surface area contributed by atoms with Crippen LogP contribution in [-0.4, -0.2) is 29.9 Å². The van der Waals surface area contributed by atoms with Gasteiger partial charge in [-0.1, -0.05) is 170 Å². The van der Waals surface area contributed by atoms with E-state index in [2.05, 4.69) is 60.7 Å². The standard InChI is InChI=1S/C46H30N6/c1-5-13-33(14-6-1)41-47-42(34-15-7-2-8-16-34)50-45(49-41)37-25-21-31(22-26-37)38-27-23-32-24-28-39(30-40(32)29-38)46-51-43(35-17-9-3-10-18-35)48-44(52-46)36-19-11-4-12-20-36/h1-30H. The Bertz CT molecular complexity index is 2530. The van der Waals surface area contributed by atoms with Crippen molar-refractivity contribution in [3.05, 3.63) is 182 Å². The fourth-order valence-electron chi connectivity index (χ4n) is 6.25. The van der Waals surface area contributed by atoms with Crippen molar-refractivity contribution in [2.24, 2.45) is 0 Å². The number of nitrogens with zero attached hydrogens (tertiary/aromatic N) is 6. The van der Waals surface area contributed by atoms with Gasteiger partial charge in [-0.05, 0) is 34.0 Å². The monoisotopic (exact) mass is 666 g/mol. The maximum Gasteiger partial charge on any atom is 0.164 e. The van der Waals surface area contributed by atoms with Crippen molar-refractivity contribution in [2.75, 3.05) is 0 Å². The summed E-state index contributed by atoms with van der Waals surface area (Å²) < 4.78 is 0. The van der Waals surface area contributed by atoms with Gasteiger partial charge in [-0.2, -0.15) is 0 Å². The lowest BCUT2D eigenvalue weighted by molar-refractivity contribution is 1.07. The molecule has 0 bridgehead atoms. The van der Waals surface area contributed by atoms with Crippen LogP contribution in [-0.2, 0) is 0 Å². The van der Waals surface area contributed by atoms with Gasteiger partial charge in [0.2, 0.25) is 0 Å². The molecule has 0 amide bonds. The van der Waals surface area contributed by atoms with Crippen LogP contribution in [0.25, 0.3) is 90.2 Å². The zero-order valence-electron chi connectivity index (χ0n) is 28.0. The van der Waals surface area contributed by atoms with Gasteiger partial charge in [0, 0.05) is 33.4 Å².